The van der Waals surface area contributed by atoms with E-state index in [1.807, 2.05) is 107 Å². The summed E-state index contributed by atoms with van der Waals surface area (Å²) in [6, 6.07) is 20.0. The molecule has 0 amide bonds. The molecule has 12 heteroatoms. The summed E-state index contributed by atoms with van der Waals surface area (Å²) in [6.45, 7) is 14.2. The summed E-state index contributed by atoms with van der Waals surface area (Å²) in [7, 11) is 0.810. The normalized spacial score (nSPS) is 21.8. The second kappa shape index (κ2) is 15.0. The van der Waals surface area contributed by atoms with Crippen LogP contribution < -0.4 is 14.2 Å². The van der Waals surface area contributed by atoms with Gasteiger partial charge in [-0.15, -0.1) is 0 Å². The lowest BCUT2D eigenvalue weighted by Crippen LogP contribution is -2.68. The number of aliphatic hydroxyl groups is 1. The van der Waals surface area contributed by atoms with Gasteiger partial charge in [-0.05, 0) is 87.2 Å². The maximum atomic E-state index is 15.8. The van der Waals surface area contributed by atoms with E-state index in [9.17, 15) is 9.90 Å². The van der Waals surface area contributed by atoms with Gasteiger partial charge in [0.25, 0.3) is 5.88 Å². The van der Waals surface area contributed by atoms with Crippen molar-refractivity contribution >= 4 is 31.9 Å². The molecule has 4 atom stereocenters. The molecule has 4 aromatic rings. The number of ether oxygens (including phenoxy) is 3. The third-order valence-electron chi connectivity index (χ3n) is 12.0. The van der Waals surface area contributed by atoms with Crippen molar-refractivity contribution < 1.29 is 42.6 Å². The van der Waals surface area contributed by atoms with Crippen LogP contribution in [0.1, 0.15) is 95.8 Å². The molecule has 1 fully saturated rings. The molecular weight excluding hydrogens is 741 g/mol. The minimum absolute atomic E-state index is 0.0158. The van der Waals surface area contributed by atoms with Gasteiger partial charge in [0.15, 0.2) is 26.0 Å². The second-order valence-electron chi connectivity index (χ2n) is 17.4. The molecule has 0 saturated heterocycles. The smallest absolute Gasteiger partial charge is 0.265 e. The third kappa shape index (κ3) is 6.91. The van der Waals surface area contributed by atoms with Gasteiger partial charge in [0.2, 0.25) is 11.6 Å². The fourth-order valence-corrected chi connectivity index (χ4v) is 9.77. The van der Waals surface area contributed by atoms with Crippen LogP contribution >= 0.6 is 0 Å². The van der Waals surface area contributed by atoms with Gasteiger partial charge in [0.05, 0.1) is 23.3 Å². The van der Waals surface area contributed by atoms with Gasteiger partial charge in [-0.1, -0.05) is 81.4 Å². The van der Waals surface area contributed by atoms with Crippen molar-refractivity contribution in [1.82, 2.24) is 10.1 Å². The van der Waals surface area contributed by atoms with Crippen molar-refractivity contribution in [3.63, 3.8) is 0 Å². The summed E-state index contributed by atoms with van der Waals surface area (Å²) in [6.07, 6.45) is 0.924. The molecule has 300 valence electrons. The molecule has 11 nitrogen and oxygen atoms in total. The molecule has 7 rings (SSSR count). The first-order chi connectivity index (χ1) is 27.0. The summed E-state index contributed by atoms with van der Waals surface area (Å²) >= 11 is 0. The van der Waals surface area contributed by atoms with E-state index < -0.39 is 48.4 Å². The Hall–Kier alpha value is -5.04. The highest BCUT2D eigenvalue weighted by Gasteiger charge is 2.69. The molecular formula is C45H52N2O9Si. The number of carbonyl (C=O) groups excluding carboxylic acids is 3. The van der Waals surface area contributed by atoms with Crippen LogP contribution in [-0.4, -0.2) is 67.1 Å². The lowest BCUT2D eigenvalue weighted by molar-refractivity contribution is -0.140. The maximum absolute atomic E-state index is 15.8. The number of carbonyl (C=O) groups is 3. The number of aliphatic hydroxyl groups excluding tert-OH is 1. The average Bonchev–Trinajstić information content (AvgIpc) is 3.58. The first-order valence-corrected chi connectivity index (χ1v) is 22.4. The summed E-state index contributed by atoms with van der Waals surface area (Å²) in [4.78, 5) is 46.0. The standard InChI is InChI=1S/C45H52N2O9Si/c1-26(2)54-39-30(23-48)22-33(52-24-27-16-12-10-13-17-27)35-31(39)20-29-21-32-37(47(6)7)40-36(43(46-55-40)53-25-28-18-14-11-15-19-28)42(51)45(32,41(50)34(29)38(35)49)56-57(8,9)44(3,4)5/h10-19,22-23,26,29,32,37,49H,20-21,24-25H2,1-9H3/t29-,32-,37-,45?/m0/s1. The predicted octanol–water partition coefficient (Wildman–Crippen LogP) is 8.72. The van der Waals surface area contributed by atoms with E-state index in [0.29, 0.717) is 17.1 Å². The van der Waals surface area contributed by atoms with Crippen molar-refractivity contribution in [3.8, 4) is 17.4 Å². The number of aldehydes is 1. The molecule has 3 aliphatic rings. The van der Waals surface area contributed by atoms with Crippen LogP contribution in [0.2, 0.25) is 18.1 Å². The van der Waals surface area contributed by atoms with Crippen LogP contribution in [0.25, 0.3) is 5.76 Å². The molecule has 0 aliphatic heterocycles. The van der Waals surface area contributed by atoms with Crippen molar-refractivity contribution in [2.24, 2.45) is 11.8 Å². The van der Waals surface area contributed by atoms with Crippen LogP contribution in [0.5, 0.6) is 17.4 Å². The summed E-state index contributed by atoms with van der Waals surface area (Å²) in [5, 5.41) is 16.5. The van der Waals surface area contributed by atoms with Crippen molar-refractivity contribution in [1.29, 1.82) is 0 Å². The highest BCUT2D eigenvalue weighted by Crippen LogP contribution is 2.59. The van der Waals surface area contributed by atoms with E-state index in [-0.39, 0.29) is 71.8 Å². The number of ketones is 2. The Labute approximate surface area is 335 Å². The first-order valence-electron chi connectivity index (χ1n) is 19.5. The van der Waals surface area contributed by atoms with Crippen molar-refractivity contribution in [2.45, 2.75) is 96.6 Å². The average molecular weight is 793 g/mol. The quantitative estimate of drug-likeness (QED) is 0.0838. The number of hydrogen-bond donors (Lipinski definition) is 1. The van der Waals surface area contributed by atoms with Gasteiger partial charge in [0.1, 0.15) is 36.0 Å². The maximum Gasteiger partial charge on any atom is 0.265 e. The molecule has 0 spiro atoms. The van der Waals surface area contributed by atoms with Gasteiger partial charge in [-0.3, -0.25) is 19.3 Å². The molecule has 1 saturated carbocycles. The molecule has 0 radical (unpaired) electrons. The Morgan fingerprint density at radius 1 is 0.965 bits per heavy atom. The zero-order valence-corrected chi connectivity index (χ0v) is 35.2. The Bertz CT molecular complexity index is 2220. The van der Waals surface area contributed by atoms with Crippen LogP contribution in [-0.2, 0) is 28.9 Å². The molecule has 3 aromatic carbocycles. The molecule has 1 N–H and O–H groups in total. The van der Waals surface area contributed by atoms with E-state index in [1.165, 1.54) is 0 Å². The molecule has 57 heavy (non-hydrogen) atoms. The number of aromatic nitrogens is 1. The van der Waals surface area contributed by atoms with Gasteiger partial charge in [-0.25, -0.2) is 0 Å². The Morgan fingerprint density at radius 2 is 1.58 bits per heavy atom. The van der Waals surface area contributed by atoms with Gasteiger partial charge in [-0.2, -0.15) is 0 Å². The minimum atomic E-state index is -2.94. The summed E-state index contributed by atoms with van der Waals surface area (Å²) in [5.41, 5.74) is 0.941. The Balaban J connectivity index is 1.44. The highest BCUT2D eigenvalue weighted by atomic mass is 28.4. The largest absolute Gasteiger partial charge is 0.507 e. The zero-order chi connectivity index (χ0) is 41.0. The Morgan fingerprint density at radius 3 is 2.14 bits per heavy atom. The van der Waals surface area contributed by atoms with Crippen molar-refractivity contribution in [3.05, 3.63) is 111 Å². The van der Waals surface area contributed by atoms with E-state index >= 15 is 9.59 Å². The molecule has 1 aromatic heterocycles. The predicted molar refractivity (Wildman–Crippen MR) is 217 cm³/mol. The van der Waals surface area contributed by atoms with Crippen LogP contribution in [0, 0.1) is 11.8 Å². The lowest BCUT2D eigenvalue weighted by Gasteiger charge is -2.55. The molecule has 1 unspecified atom stereocenters. The van der Waals surface area contributed by atoms with E-state index in [2.05, 4.69) is 25.9 Å². The molecule has 3 aliphatic carbocycles. The van der Waals surface area contributed by atoms with E-state index in [0.717, 1.165) is 17.4 Å². The van der Waals surface area contributed by atoms with E-state index in [1.54, 1.807) is 6.07 Å². The minimum Gasteiger partial charge on any atom is -0.507 e. The fourth-order valence-electron chi connectivity index (χ4n) is 8.33. The number of fused-ring (bicyclic) bond motifs is 4. The molecule has 0 bridgehead atoms. The second-order valence-corrected chi connectivity index (χ2v) is 22.1. The molecule has 1 heterocycles. The lowest BCUT2D eigenvalue weighted by atomic mass is 9.57. The van der Waals surface area contributed by atoms with Crippen LogP contribution in [0.15, 0.2) is 76.8 Å². The number of Topliss-reactive ketones (excluding diaryl/α,β-unsaturated/α-hetero) is 2. The van der Waals surface area contributed by atoms with Gasteiger partial charge >= 0.3 is 0 Å². The first kappa shape index (κ1) is 40.2. The number of hydrogen-bond acceptors (Lipinski definition) is 11. The van der Waals surface area contributed by atoms with Gasteiger partial charge < -0.3 is 28.3 Å². The fraction of sp³-hybridized carbons (Fsp3) is 0.422. The topological polar surface area (TPSA) is 138 Å². The Kier molecular flexibility index (Phi) is 10.6. The summed E-state index contributed by atoms with van der Waals surface area (Å²) in [5.74, 6) is -1.99. The number of rotatable bonds is 12. The van der Waals surface area contributed by atoms with Crippen molar-refractivity contribution in [2.75, 3.05) is 14.1 Å². The SMILES string of the molecule is CC(C)Oc1c(C=O)cc(OCc2ccccc2)c2c1C[C@H]1C[C@H]3[C@H](N(C)C)c4onc(OCc5ccccc5)c4C(=O)C3(O[Si](C)(C)C(C)(C)C)C(=O)C1=C2O. The monoisotopic (exact) mass is 792 g/mol. The summed E-state index contributed by atoms with van der Waals surface area (Å²) < 4.78 is 32.1. The zero-order valence-electron chi connectivity index (χ0n) is 34.2. The van der Waals surface area contributed by atoms with E-state index in [4.69, 9.17) is 23.2 Å². The van der Waals surface area contributed by atoms with Gasteiger partial charge in [0, 0.05) is 17.1 Å². The van der Waals surface area contributed by atoms with Crippen LogP contribution in [0.4, 0.5) is 0 Å². The number of nitrogens with zero attached hydrogens (tertiary/aromatic N) is 2. The number of benzene rings is 3. The highest BCUT2D eigenvalue weighted by molar-refractivity contribution is 6.74. The van der Waals surface area contributed by atoms with Crippen LogP contribution in [0.3, 0.4) is 0 Å². The third-order valence-corrected chi connectivity index (χ3v) is 16.4.